The van der Waals surface area contributed by atoms with Gasteiger partial charge in [0, 0.05) is 12.3 Å². The molecule has 1 aromatic rings. The molecule has 1 aromatic carbocycles. The lowest BCUT2D eigenvalue weighted by atomic mass is 10.3. The van der Waals surface area contributed by atoms with Gasteiger partial charge in [0.15, 0.2) is 0 Å². The molecule has 19 heavy (non-hydrogen) atoms. The van der Waals surface area contributed by atoms with Crippen molar-refractivity contribution in [3.8, 4) is 0 Å². The lowest BCUT2D eigenvalue weighted by Gasteiger charge is -2.10. The summed E-state index contributed by atoms with van der Waals surface area (Å²) in [4.78, 5) is 23.3. The van der Waals surface area contributed by atoms with Gasteiger partial charge >= 0.3 is 0 Å². The number of amidine groups is 1. The Morgan fingerprint density at radius 1 is 1.37 bits per heavy atom. The molecule has 6 heteroatoms. The van der Waals surface area contributed by atoms with Crippen LogP contribution in [0.2, 0.25) is 0 Å². The summed E-state index contributed by atoms with van der Waals surface area (Å²) in [6, 6.07) is 9.10. The minimum absolute atomic E-state index is 0.113. The van der Waals surface area contributed by atoms with Gasteiger partial charge in [0.25, 0.3) is 5.91 Å². The Morgan fingerprint density at radius 3 is 2.79 bits per heavy atom. The Labute approximate surface area is 116 Å². The van der Waals surface area contributed by atoms with E-state index < -0.39 is 0 Å². The monoisotopic (exact) mass is 279 g/mol. The molecule has 0 saturated heterocycles. The van der Waals surface area contributed by atoms with E-state index in [1.165, 1.54) is 5.01 Å². The van der Waals surface area contributed by atoms with E-state index in [9.17, 15) is 9.59 Å². The third-order valence-electron chi connectivity index (χ3n) is 2.60. The zero-order chi connectivity index (χ0) is 13.7. The molecule has 0 unspecified atom stereocenters. The van der Waals surface area contributed by atoms with Crippen LogP contribution in [0, 0.1) is 0 Å². The first-order chi connectivity index (χ1) is 9.20. The number of nitrogens with one attached hydrogen (secondary N) is 1. The summed E-state index contributed by atoms with van der Waals surface area (Å²) in [6.07, 6.45) is 1.06. The summed E-state index contributed by atoms with van der Waals surface area (Å²) in [5, 5.41) is 8.06. The van der Waals surface area contributed by atoms with Gasteiger partial charge in [-0.3, -0.25) is 9.59 Å². The van der Waals surface area contributed by atoms with Crippen molar-refractivity contribution in [2.75, 3.05) is 10.9 Å². The van der Waals surface area contributed by atoms with Gasteiger partial charge in [-0.15, -0.1) is 11.6 Å². The van der Waals surface area contributed by atoms with Crippen molar-refractivity contribution in [3.05, 3.63) is 30.3 Å². The maximum Gasteiger partial charge on any atom is 0.255 e. The highest BCUT2D eigenvalue weighted by atomic mass is 35.5. The summed E-state index contributed by atoms with van der Waals surface area (Å²) < 4.78 is 0. The first-order valence-electron chi connectivity index (χ1n) is 6.02. The Hall–Kier alpha value is -1.88. The number of amides is 2. The van der Waals surface area contributed by atoms with Gasteiger partial charge in [-0.1, -0.05) is 18.2 Å². The van der Waals surface area contributed by atoms with Crippen molar-refractivity contribution < 1.29 is 9.59 Å². The molecule has 0 bridgehead atoms. The van der Waals surface area contributed by atoms with E-state index in [1.807, 2.05) is 18.2 Å². The van der Waals surface area contributed by atoms with Crippen LogP contribution in [0.3, 0.4) is 0 Å². The Kier molecular flexibility index (Phi) is 4.52. The van der Waals surface area contributed by atoms with Crippen LogP contribution in [0.15, 0.2) is 35.4 Å². The highest BCUT2D eigenvalue weighted by Crippen LogP contribution is 2.19. The average molecular weight is 280 g/mol. The molecule has 0 spiro atoms. The van der Waals surface area contributed by atoms with E-state index in [1.54, 1.807) is 12.1 Å². The fourth-order valence-electron chi connectivity index (χ4n) is 1.72. The maximum atomic E-state index is 11.8. The number of anilines is 1. The number of para-hydroxylation sites is 1. The summed E-state index contributed by atoms with van der Waals surface area (Å²) >= 11 is 5.52. The fourth-order valence-corrected chi connectivity index (χ4v) is 1.85. The number of hydrazone groups is 1. The topological polar surface area (TPSA) is 61.8 Å². The van der Waals surface area contributed by atoms with Crippen LogP contribution in [0.4, 0.5) is 5.69 Å². The summed E-state index contributed by atoms with van der Waals surface area (Å²) in [5.41, 5.74) is 0.692. The van der Waals surface area contributed by atoms with E-state index >= 15 is 0 Å². The fraction of sp³-hybridized carbons (Fsp3) is 0.308. The van der Waals surface area contributed by atoms with Gasteiger partial charge in [-0.2, -0.15) is 10.1 Å². The van der Waals surface area contributed by atoms with Crippen molar-refractivity contribution in [1.29, 1.82) is 0 Å². The molecule has 0 saturated carbocycles. The zero-order valence-corrected chi connectivity index (χ0v) is 11.1. The highest BCUT2D eigenvalue weighted by molar-refractivity contribution is 6.18. The molecule has 100 valence electrons. The van der Waals surface area contributed by atoms with Crippen LogP contribution in [-0.2, 0) is 9.59 Å². The van der Waals surface area contributed by atoms with Crippen molar-refractivity contribution in [2.45, 2.75) is 19.3 Å². The largest absolute Gasteiger partial charge is 0.312 e. The van der Waals surface area contributed by atoms with Gasteiger partial charge < -0.3 is 5.32 Å². The lowest BCUT2D eigenvalue weighted by molar-refractivity contribution is -0.119. The van der Waals surface area contributed by atoms with Crippen LogP contribution in [0.5, 0.6) is 0 Å². The SMILES string of the molecule is O=C(CCCCl)NC1=NN(c2ccccc2)C(=O)C1. The minimum atomic E-state index is -0.165. The molecular weight excluding hydrogens is 266 g/mol. The second-order valence-corrected chi connectivity index (χ2v) is 4.48. The van der Waals surface area contributed by atoms with Crippen LogP contribution in [0.1, 0.15) is 19.3 Å². The summed E-state index contributed by atoms with van der Waals surface area (Å²) in [5.74, 6) is 0.504. The van der Waals surface area contributed by atoms with Crippen molar-refractivity contribution >= 4 is 34.9 Å². The number of hydrogen-bond acceptors (Lipinski definition) is 3. The number of nitrogens with zero attached hydrogens (tertiary/aromatic N) is 2. The molecule has 0 aromatic heterocycles. The predicted octanol–water partition coefficient (Wildman–Crippen LogP) is 1.87. The average Bonchev–Trinajstić information content (AvgIpc) is 2.78. The van der Waals surface area contributed by atoms with Crippen LogP contribution < -0.4 is 10.3 Å². The predicted molar refractivity (Wildman–Crippen MR) is 74.1 cm³/mol. The number of rotatable bonds is 4. The second kappa shape index (κ2) is 6.33. The molecule has 1 N–H and O–H groups in total. The Bertz CT molecular complexity index is 502. The zero-order valence-electron chi connectivity index (χ0n) is 10.3. The first kappa shape index (κ1) is 13.5. The second-order valence-electron chi connectivity index (χ2n) is 4.11. The van der Waals surface area contributed by atoms with Gasteiger partial charge in [0.1, 0.15) is 5.84 Å². The third kappa shape index (κ3) is 3.54. The number of hydrogen-bond donors (Lipinski definition) is 1. The van der Waals surface area contributed by atoms with E-state index in [2.05, 4.69) is 10.4 Å². The van der Waals surface area contributed by atoms with E-state index in [4.69, 9.17) is 11.6 Å². The smallest absolute Gasteiger partial charge is 0.255 e. The molecule has 1 aliphatic heterocycles. The van der Waals surface area contributed by atoms with Crippen molar-refractivity contribution in [1.82, 2.24) is 5.32 Å². The highest BCUT2D eigenvalue weighted by Gasteiger charge is 2.25. The Balaban J connectivity index is 2.01. The van der Waals surface area contributed by atoms with Gasteiger partial charge in [0.2, 0.25) is 5.91 Å². The standard InChI is InChI=1S/C13H14ClN3O2/c14-8-4-7-12(18)15-11-9-13(19)17(16-11)10-5-2-1-3-6-10/h1-3,5-6H,4,7-9H2,(H,15,16,18). The number of benzene rings is 1. The van der Waals surface area contributed by atoms with Gasteiger partial charge in [-0.05, 0) is 18.6 Å². The summed E-state index contributed by atoms with van der Waals surface area (Å²) in [6.45, 7) is 0. The van der Waals surface area contributed by atoms with Crippen LogP contribution >= 0.6 is 11.6 Å². The van der Waals surface area contributed by atoms with Gasteiger partial charge in [-0.25, -0.2) is 0 Å². The molecule has 1 aliphatic rings. The Morgan fingerprint density at radius 2 is 2.11 bits per heavy atom. The van der Waals surface area contributed by atoms with E-state index in [-0.39, 0.29) is 18.2 Å². The molecule has 2 rings (SSSR count). The van der Waals surface area contributed by atoms with Gasteiger partial charge in [0.05, 0.1) is 12.1 Å². The molecule has 0 fully saturated rings. The first-order valence-corrected chi connectivity index (χ1v) is 6.55. The van der Waals surface area contributed by atoms with Crippen molar-refractivity contribution in [2.24, 2.45) is 5.10 Å². The summed E-state index contributed by atoms with van der Waals surface area (Å²) in [7, 11) is 0. The molecule has 0 aliphatic carbocycles. The quantitative estimate of drug-likeness (QED) is 0.855. The molecule has 0 atom stereocenters. The lowest BCUT2D eigenvalue weighted by Crippen LogP contribution is -2.29. The van der Waals surface area contributed by atoms with E-state index in [0.717, 1.165) is 0 Å². The molecular formula is C13H14ClN3O2. The molecule has 5 nitrogen and oxygen atoms in total. The number of carbonyl (C=O) groups is 2. The molecule has 2 amide bonds. The van der Waals surface area contributed by atoms with Crippen molar-refractivity contribution in [3.63, 3.8) is 0 Å². The third-order valence-corrected chi connectivity index (χ3v) is 2.86. The number of carbonyl (C=O) groups excluding carboxylic acids is 2. The maximum absolute atomic E-state index is 11.8. The number of halogens is 1. The van der Waals surface area contributed by atoms with E-state index in [0.29, 0.717) is 30.2 Å². The normalized spacial score (nSPS) is 14.5. The van der Waals surface area contributed by atoms with Crippen LogP contribution in [-0.4, -0.2) is 23.5 Å². The van der Waals surface area contributed by atoms with Crippen LogP contribution in [0.25, 0.3) is 0 Å². The minimum Gasteiger partial charge on any atom is -0.312 e. The molecule has 1 heterocycles. The number of alkyl halides is 1. The molecule has 0 radical (unpaired) electrons.